The number of aromatic nitrogens is 1. The Morgan fingerprint density at radius 2 is 1.95 bits per heavy atom. The lowest BCUT2D eigenvalue weighted by molar-refractivity contribution is 0.0985. The third-order valence-corrected chi connectivity index (χ3v) is 3.64. The molecule has 1 heterocycles. The second-order valence-electron chi connectivity index (χ2n) is 4.81. The van der Waals surface area contributed by atoms with E-state index in [-0.39, 0.29) is 5.91 Å². The van der Waals surface area contributed by atoms with Crippen LogP contribution in [0.4, 0.5) is 5.69 Å². The third-order valence-electron chi connectivity index (χ3n) is 3.21. The second-order valence-corrected chi connectivity index (χ2v) is 5.72. The van der Waals surface area contributed by atoms with Gasteiger partial charge in [-0.05, 0) is 47.5 Å². The van der Waals surface area contributed by atoms with Crippen molar-refractivity contribution in [3.63, 3.8) is 0 Å². The number of halogens is 1. The Morgan fingerprint density at radius 3 is 2.47 bits per heavy atom. The monoisotopic (exact) mass is 320 g/mol. The highest BCUT2D eigenvalue weighted by Crippen LogP contribution is 2.23. The Hall–Kier alpha value is -1.55. The molecule has 0 radical (unpaired) electrons. The van der Waals surface area contributed by atoms with Gasteiger partial charge in [0.15, 0.2) is 0 Å². The normalized spacial score (nSPS) is 10.6. The molecule has 0 aliphatic rings. The summed E-state index contributed by atoms with van der Waals surface area (Å²) in [6.45, 7) is 4.07. The summed E-state index contributed by atoms with van der Waals surface area (Å²) in [6.07, 6.45) is 1.88. The average Bonchev–Trinajstić information content (AvgIpc) is 2.67. The predicted molar refractivity (Wildman–Crippen MR) is 81.8 cm³/mol. The van der Waals surface area contributed by atoms with E-state index in [1.807, 2.05) is 49.9 Å². The molecule has 0 unspecified atom stereocenters. The number of benzene rings is 1. The average molecular weight is 321 g/mol. The molecule has 1 aromatic heterocycles. The Labute approximate surface area is 122 Å². The highest BCUT2D eigenvalue weighted by molar-refractivity contribution is 9.10. The van der Waals surface area contributed by atoms with Crippen LogP contribution >= 0.6 is 15.9 Å². The van der Waals surface area contributed by atoms with E-state index < -0.39 is 0 Å². The minimum Gasteiger partial charge on any atom is -0.345 e. The van der Waals surface area contributed by atoms with Crippen LogP contribution in [0, 0.1) is 13.8 Å². The zero-order chi connectivity index (χ0) is 14.2. The van der Waals surface area contributed by atoms with Crippen molar-refractivity contribution in [1.29, 1.82) is 0 Å². The maximum absolute atomic E-state index is 12.5. The maximum atomic E-state index is 12.5. The predicted octanol–water partition coefficient (Wildman–Crippen LogP) is 3.68. The van der Waals surface area contributed by atoms with Crippen LogP contribution in [0.2, 0.25) is 0 Å². The van der Waals surface area contributed by atoms with E-state index in [0.29, 0.717) is 5.69 Å². The van der Waals surface area contributed by atoms with Gasteiger partial charge >= 0.3 is 0 Å². The van der Waals surface area contributed by atoms with Crippen molar-refractivity contribution in [1.82, 2.24) is 4.57 Å². The van der Waals surface area contributed by atoms with Gasteiger partial charge in [-0.15, -0.1) is 0 Å². The number of carbonyl (C=O) groups excluding carboxylic acids is 1. The van der Waals surface area contributed by atoms with Gasteiger partial charge in [0.25, 0.3) is 5.91 Å². The minimum absolute atomic E-state index is 0.0137. The molecule has 0 N–H and O–H groups in total. The van der Waals surface area contributed by atoms with Crippen LogP contribution in [0.1, 0.15) is 21.6 Å². The molecule has 3 nitrogen and oxygen atoms in total. The fourth-order valence-corrected chi connectivity index (χ4v) is 2.72. The van der Waals surface area contributed by atoms with Crippen LogP contribution < -0.4 is 4.90 Å². The summed E-state index contributed by atoms with van der Waals surface area (Å²) in [4.78, 5) is 14.2. The molecule has 0 fully saturated rings. The molecule has 1 aromatic carbocycles. The zero-order valence-corrected chi connectivity index (χ0v) is 13.2. The van der Waals surface area contributed by atoms with Gasteiger partial charge in [-0.2, -0.15) is 0 Å². The van der Waals surface area contributed by atoms with E-state index in [2.05, 4.69) is 22.0 Å². The first-order chi connectivity index (χ1) is 8.90. The molecule has 0 saturated heterocycles. The molecular formula is C15H17BrN2O. The molecule has 0 saturated carbocycles. The number of anilines is 1. The van der Waals surface area contributed by atoms with Crippen LogP contribution in [0.5, 0.6) is 0 Å². The molecule has 2 aromatic rings. The van der Waals surface area contributed by atoms with Crippen molar-refractivity contribution in [2.75, 3.05) is 11.9 Å². The van der Waals surface area contributed by atoms with E-state index in [1.54, 1.807) is 11.9 Å². The van der Waals surface area contributed by atoms with Crippen molar-refractivity contribution in [2.24, 2.45) is 7.05 Å². The Balaban J connectivity index is 2.36. The molecule has 100 valence electrons. The van der Waals surface area contributed by atoms with Crippen LogP contribution in [0.25, 0.3) is 0 Å². The largest absolute Gasteiger partial charge is 0.345 e. The molecule has 2 rings (SSSR count). The Bertz CT molecular complexity index is 631. The van der Waals surface area contributed by atoms with Crippen molar-refractivity contribution < 1.29 is 4.79 Å². The fraction of sp³-hybridized carbons (Fsp3) is 0.267. The molecule has 0 aliphatic carbocycles. The van der Waals surface area contributed by atoms with E-state index in [1.165, 1.54) is 5.56 Å². The number of rotatable bonds is 2. The van der Waals surface area contributed by atoms with E-state index in [4.69, 9.17) is 0 Å². The van der Waals surface area contributed by atoms with Gasteiger partial charge in [-0.25, -0.2) is 0 Å². The van der Waals surface area contributed by atoms with Crippen LogP contribution in [0.3, 0.4) is 0 Å². The van der Waals surface area contributed by atoms with Gasteiger partial charge in [-0.1, -0.05) is 17.7 Å². The standard InChI is InChI=1S/C15H17BrN2O/c1-10-5-6-13(11(2)7-10)18(4)15(19)14-8-12(16)9-17(14)3/h5-9H,1-4H3. The van der Waals surface area contributed by atoms with Crippen molar-refractivity contribution in [2.45, 2.75) is 13.8 Å². The molecule has 0 bridgehead atoms. The molecular weight excluding hydrogens is 304 g/mol. The molecule has 0 aliphatic heterocycles. The number of amides is 1. The summed E-state index contributed by atoms with van der Waals surface area (Å²) in [5.74, 6) is -0.0137. The topological polar surface area (TPSA) is 25.2 Å². The first-order valence-electron chi connectivity index (χ1n) is 6.07. The number of carbonyl (C=O) groups is 1. The number of hydrogen-bond acceptors (Lipinski definition) is 1. The molecule has 0 atom stereocenters. The lowest BCUT2D eigenvalue weighted by Gasteiger charge is -2.20. The highest BCUT2D eigenvalue weighted by Gasteiger charge is 2.18. The summed E-state index contributed by atoms with van der Waals surface area (Å²) in [5.41, 5.74) is 3.90. The third kappa shape index (κ3) is 2.73. The lowest BCUT2D eigenvalue weighted by atomic mass is 10.1. The molecule has 19 heavy (non-hydrogen) atoms. The summed E-state index contributed by atoms with van der Waals surface area (Å²) in [7, 11) is 3.68. The first kappa shape index (κ1) is 13.9. The summed E-state index contributed by atoms with van der Waals surface area (Å²) < 4.78 is 2.74. The maximum Gasteiger partial charge on any atom is 0.274 e. The smallest absolute Gasteiger partial charge is 0.274 e. The molecule has 0 spiro atoms. The van der Waals surface area contributed by atoms with Gasteiger partial charge in [0.05, 0.1) is 0 Å². The zero-order valence-electron chi connectivity index (χ0n) is 11.6. The SMILES string of the molecule is Cc1ccc(N(C)C(=O)c2cc(Br)cn2C)c(C)c1. The van der Waals surface area contributed by atoms with Crippen LogP contribution in [-0.2, 0) is 7.05 Å². The van der Waals surface area contributed by atoms with Crippen molar-refractivity contribution in [3.8, 4) is 0 Å². The fourth-order valence-electron chi connectivity index (χ4n) is 2.20. The molecule has 4 heteroatoms. The second kappa shape index (κ2) is 5.21. The van der Waals surface area contributed by atoms with Gasteiger partial charge in [0, 0.05) is 30.5 Å². The summed E-state index contributed by atoms with van der Waals surface area (Å²) in [5, 5.41) is 0. The van der Waals surface area contributed by atoms with Crippen LogP contribution in [-0.4, -0.2) is 17.5 Å². The number of hydrogen-bond donors (Lipinski definition) is 0. The molecule has 1 amide bonds. The van der Waals surface area contributed by atoms with E-state index in [0.717, 1.165) is 15.7 Å². The number of nitrogens with zero attached hydrogens (tertiary/aromatic N) is 2. The van der Waals surface area contributed by atoms with Gasteiger partial charge < -0.3 is 9.47 Å². The van der Waals surface area contributed by atoms with Crippen molar-refractivity contribution >= 4 is 27.5 Å². The van der Waals surface area contributed by atoms with Gasteiger partial charge in [0.1, 0.15) is 5.69 Å². The first-order valence-corrected chi connectivity index (χ1v) is 6.86. The minimum atomic E-state index is -0.0137. The summed E-state index contributed by atoms with van der Waals surface area (Å²) in [6, 6.07) is 7.93. The highest BCUT2D eigenvalue weighted by atomic mass is 79.9. The van der Waals surface area contributed by atoms with Crippen molar-refractivity contribution in [3.05, 3.63) is 51.8 Å². The lowest BCUT2D eigenvalue weighted by Crippen LogP contribution is -2.28. The Morgan fingerprint density at radius 1 is 1.26 bits per heavy atom. The van der Waals surface area contributed by atoms with Gasteiger partial charge in [-0.3, -0.25) is 4.79 Å². The summed E-state index contributed by atoms with van der Waals surface area (Å²) >= 11 is 3.39. The van der Waals surface area contributed by atoms with Crippen LogP contribution in [0.15, 0.2) is 34.9 Å². The van der Waals surface area contributed by atoms with E-state index >= 15 is 0 Å². The Kier molecular flexibility index (Phi) is 3.80. The van der Waals surface area contributed by atoms with Gasteiger partial charge in [0.2, 0.25) is 0 Å². The number of aryl methyl sites for hydroxylation is 3. The quantitative estimate of drug-likeness (QED) is 0.828. The van der Waals surface area contributed by atoms with E-state index in [9.17, 15) is 4.79 Å².